The van der Waals surface area contributed by atoms with Crippen molar-refractivity contribution in [2.45, 2.75) is 45.6 Å². The van der Waals surface area contributed by atoms with Crippen molar-refractivity contribution in [3.05, 3.63) is 53.1 Å². The maximum Gasteiger partial charge on any atom is 0.270 e. The molecule has 3 rings (SSSR count). The number of hydrogen-bond donors (Lipinski definition) is 1. The Morgan fingerprint density at radius 3 is 2.50 bits per heavy atom. The van der Waals surface area contributed by atoms with Crippen LogP contribution in [0.4, 0.5) is 11.4 Å². The summed E-state index contributed by atoms with van der Waals surface area (Å²) in [6, 6.07) is 13.0. The number of fused-ring (bicyclic) bond motifs is 1. The fourth-order valence-corrected chi connectivity index (χ4v) is 3.32. The highest BCUT2D eigenvalue weighted by molar-refractivity contribution is 6.31. The molecule has 0 bridgehead atoms. The summed E-state index contributed by atoms with van der Waals surface area (Å²) < 4.78 is 5.80. The summed E-state index contributed by atoms with van der Waals surface area (Å²) in [7, 11) is 0. The van der Waals surface area contributed by atoms with Gasteiger partial charge in [0.2, 0.25) is 5.91 Å². The van der Waals surface area contributed by atoms with Crippen LogP contribution in [0.3, 0.4) is 0 Å². The summed E-state index contributed by atoms with van der Waals surface area (Å²) in [5.41, 5.74) is 1.55. The van der Waals surface area contributed by atoms with Gasteiger partial charge >= 0.3 is 0 Å². The minimum absolute atomic E-state index is 0.155. The molecule has 1 aliphatic heterocycles. The van der Waals surface area contributed by atoms with Crippen LogP contribution in [0.5, 0.6) is 5.75 Å². The van der Waals surface area contributed by atoms with Crippen LogP contribution in [0.15, 0.2) is 42.5 Å². The predicted octanol–water partition coefficient (Wildman–Crippen LogP) is 5.00. The summed E-state index contributed by atoms with van der Waals surface area (Å²) in [6.07, 6.45) is 0.166. The van der Waals surface area contributed by atoms with Gasteiger partial charge in [-0.25, -0.2) is 0 Å². The summed E-state index contributed by atoms with van der Waals surface area (Å²) in [5, 5.41) is 3.39. The Hall–Kier alpha value is -2.53. The third-order valence-corrected chi connectivity index (χ3v) is 5.00. The summed E-state index contributed by atoms with van der Waals surface area (Å²) >= 11 is 6.09. The van der Waals surface area contributed by atoms with Crippen molar-refractivity contribution in [1.29, 1.82) is 0 Å². The Kier molecular flexibility index (Phi) is 5.66. The van der Waals surface area contributed by atoms with Crippen molar-refractivity contribution >= 4 is 34.8 Å². The minimum Gasteiger partial charge on any atom is -0.476 e. The maximum absolute atomic E-state index is 12.8. The van der Waals surface area contributed by atoms with Crippen LogP contribution in [-0.4, -0.2) is 24.0 Å². The standard InChI is InChI=1S/C22H25ClN2O3/c1-14(2)15-5-8-17(9-6-15)24-20(26)11-12-25-18-13-16(23)7-10-19(18)28-22(3,4)21(25)27/h5-10,13-14H,11-12H2,1-4H3,(H,24,26). The van der Waals surface area contributed by atoms with Gasteiger partial charge in [0.15, 0.2) is 5.60 Å². The number of benzene rings is 2. The molecule has 0 aliphatic carbocycles. The molecule has 1 N–H and O–H groups in total. The monoisotopic (exact) mass is 400 g/mol. The lowest BCUT2D eigenvalue weighted by Gasteiger charge is -2.38. The fourth-order valence-electron chi connectivity index (χ4n) is 3.15. The van der Waals surface area contributed by atoms with E-state index in [0.717, 1.165) is 5.69 Å². The van der Waals surface area contributed by atoms with E-state index in [-0.39, 0.29) is 24.8 Å². The van der Waals surface area contributed by atoms with Crippen LogP contribution in [-0.2, 0) is 9.59 Å². The van der Waals surface area contributed by atoms with Gasteiger partial charge in [-0.15, -0.1) is 0 Å². The van der Waals surface area contributed by atoms with Crippen LogP contribution in [0.25, 0.3) is 0 Å². The number of nitrogens with zero attached hydrogens (tertiary/aromatic N) is 1. The fraction of sp³-hybridized carbons (Fsp3) is 0.364. The van der Waals surface area contributed by atoms with Gasteiger partial charge in [0, 0.05) is 23.7 Å². The number of hydrogen-bond acceptors (Lipinski definition) is 3. The number of rotatable bonds is 5. The zero-order chi connectivity index (χ0) is 20.5. The molecule has 0 fully saturated rings. The maximum atomic E-state index is 12.8. The Labute approximate surface area is 170 Å². The van der Waals surface area contributed by atoms with E-state index in [1.807, 2.05) is 24.3 Å². The lowest BCUT2D eigenvalue weighted by atomic mass is 10.0. The first-order chi connectivity index (χ1) is 13.2. The van der Waals surface area contributed by atoms with Gasteiger partial charge in [-0.1, -0.05) is 37.6 Å². The molecule has 0 saturated heterocycles. The first kappa shape index (κ1) is 20.2. The molecular weight excluding hydrogens is 376 g/mol. The van der Waals surface area contributed by atoms with Gasteiger partial charge in [0.25, 0.3) is 5.91 Å². The first-order valence-corrected chi connectivity index (χ1v) is 9.75. The zero-order valence-electron chi connectivity index (χ0n) is 16.6. The van der Waals surface area contributed by atoms with Crippen LogP contribution in [0.2, 0.25) is 5.02 Å². The molecule has 0 atom stereocenters. The van der Waals surface area contributed by atoms with E-state index >= 15 is 0 Å². The molecule has 1 heterocycles. The minimum atomic E-state index is -0.996. The van der Waals surface area contributed by atoms with Crippen molar-refractivity contribution in [3.8, 4) is 5.75 Å². The molecular formula is C22H25ClN2O3. The summed E-state index contributed by atoms with van der Waals surface area (Å²) in [6.45, 7) is 7.93. The Balaban J connectivity index is 1.70. The van der Waals surface area contributed by atoms with Crippen molar-refractivity contribution in [1.82, 2.24) is 0 Å². The van der Waals surface area contributed by atoms with Crippen molar-refractivity contribution in [2.24, 2.45) is 0 Å². The Morgan fingerprint density at radius 2 is 1.86 bits per heavy atom. The molecule has 0 unspecified atom stereocenters. The van der Waals surface area contributed by atoms with Gasteiger partial charge in [0.05, 0.1) is 5.69 Å². The third-order valence-electron chi connectivity index (χ3n) is 4.76. The Morgan fingerprint density at radius 1 is 1.18 bits per heavy atom. The largest absolute Gasteiger partial charge is 0.476 e. The number of anilines is 2. The lowest BCUT2D eigenvalue weighted by molar-refractivity contribution is -0.132. The third kappa shape index (κ3) is 4.30. The SMILES string of the molecule is CC(C)c1ccc(NC(=O)CCN2C(=O)C(C)(C)Oc3ccc(Cl)cc32)cc1. The van der Waals surface area contributed by atoms with Gasteiger partial charge in [-0.2, -0.15) is 0 Å². The van der Waals surface area contributed by atoms with Gasteiger partial charge < -0.3 is 15.0 Å². The molecule has 148 valence electrons. The lowest BCUT2D eigenvalue weighted by Crippen LogP contribution is -2.53. The predicted molar refractivity (Wildman–Crippen MR) is 112 cm³/mol. The van der Waals surface area contributed by atoms with E-state index in [1.54, 1.807) is 36.9 Å². The highest BCUT2D eigenvalue weighted by atomic mass is 35.5. The van der Waals surface area contributed by atoms with Crippen LogP contribution >= 0.6 is 11.6 Å². The molecule has 0 saturated carbocycles. The second kappa shape index (κ2) is 7.84. The number of ether oxygens (including phenoxy) is 1. The topological polar surface area (TPSA) is 58.6 Å². The molecule has 28 heavy (non-hydrogen) atoms. The highest BCUT2D eigenvalue weighted by Gasteiger charge is 2.40. The highest BCUT2D eigenvalue weighted by Crippen LogP contribution is 2.39. The average molecular weight is 401 g/mol. The molecule has 2 amide bonds. The Bertz CT molecular complexity index is 891. The van der Waals surface area contributed by atoms with Crippen LogP contribution in [0.1, 0.15) is 45.6 Å². The molecule has 5 nitrogen and oxygen atoms in total. The average Bonchev–Trinajstić information content (AvgIpc) is 2.63. The normalized spacial score (nSPS) is 15.2. The number of halogens is 1. The number of carbonyl (C=O) groups is 2. The van der Waals surface area contributed by atoms with Gasteiger partial charge in [0.1, 0.15) is 5.75 Å². The van der Waals surface area contributed by atoms with Crippen LogP contribution in [0, 0.1) is 0 Å². The van der Waals surface area contributed by atoms with E-state index in [0.29, 0.717) is 22.4 Å². The van der Waals surface area contributed by atoms with E-state index in [4.69, 9.17) is 16.3 Å². The number of amides is 2. The van der Waals surface area contributed by atoms with Crippen LogP contribution < -0.4 is 15.0 Å². The molecule has 0 spiro atoms. The van der Waals surface area contributed by atoms with Crippen molar-refractivity contribution < 1.29 is 14.3 Å². The summed E-state index contributed by atoms with van der Waals surface area (Å²) in [4.78, 5) is 26.8. The molecule has 2 aromatic rings. The smallest absolute Gasteiger partial charge is 0.270 e. The number of carbonyl (C=O) groups excluding carboxylic acids is 2. The number of nitrogens with one attached hydrogen (secondary N) is 1. The molecule has 0 radical (unpaired) electrons. The van der Waals surface area contributed by atoms with Crippen molar-refractivity contribution in [3.63, 3.8) is 0 Å². The molecule has 2 aromatic carbocycles. The second-order valence-electron chi connectivity index (χ2n) is 7.76. The second-order valence-corrected chi connectivity index (χ2v) is 8.19. The molecule has 6 heteroatoms. The summed E-state index contributed by atoms with van der Waals surface area (Å²) in [5.74, 6) is 0.667. The van der Waals surface area contributed by atoms with E-state index < -0.39 is 5.60 Å². The van der Waals surface area contributed by atoms with Crippen molar-refractivity contribution in [2.75, 3.05) is 16.8 Å². The van der Waals surface area contributed by atoms with Gasteiger partial charge in [-0.3, -0.25) is 9.59 Å². The quantitative estimate of drug-likeness (QED) is 0.768. The molecule has 0 aromatic heterocycles. The van der Waals surface area contributed by atoms with Gasteiger partial charge in [-0.05, 0) is 55.7 Å². The van der Waals surface area contributed by atoms with E-state index in [1.165, 1.54) is 5.56 Å². The van der Waals surface area contributed by atoms with E-state index in [2.05, 4.69) is 19.2 Å². The zero-order valence-corrected chi connectivity index (χ0v) is 17.3. The van der Waals surface area contributed by atoms with E-state index in [9.17, 15) is 9.59 Å². The molecule has 1 aliphatic rings. The first-order valence-electron chi connectivity index (χ1n) is 9.38.